The first-order valence-corrected chi connectivity index (χ1v) is 11.9. The van der Waals surface area contributed by atoms with Gasteiger partial charge in [-0.05, 0) is 43.7 Å². The second-order valence-corrected chi connectivity index (χ2v) is 10.7. The smallest absolute Gasteiger partial charge is 0.244 e. The van der Waals surface area contributed by atoms with Crippen LogP contribution in [-0.2, 0) is 24.8 Å². The van der Waals surface area contributed by atoms with Gasteiger partial charge in [0.15, 0.2) is 0 Å². The first kappa shape index (κ1) is 23.9. The minimum absolute atomic E-state index is 0.112. The van der Waals surface area contributed by atoms with Gasteiger partial charge in [0.2, 0.25) is 26.0 Å². The lowest BCUT2D eigenvalue weighted by Crippen LogP contribution is -2.45. The van der Waals surface area contributed by atoms with Crippen molar-refractivity contribution in [2.24, 2.45) is 0 Å². The van der Waals surface area contributed by atoms with Gasteiger partial charge in [0, 0.05) is 14.1 Å². The van der Waals surface area contributed by atoms with Gasteiger partial charge >= 0.3 is 0 Å². The maximum absolute atomic E-state index is 13.8. The number of halogens is 1. The Morgan fingerprint density at radius 3 is 2.07 bits per heavy atom. The van der Waals surface area contributed by atoms with E-state index >= 15 is 0 Å². The fourth-order valence-electron chi connectivity index (χ4n) is 2.57. The number of rotatable bonds is 8. The zero-order valence-electron chi connectivity index (χ0n) is 17.0. The highest BCUT2D eigenvalue weighted by Gasteiger charge is 2.25. The van der Waals surface area contributed by atoms with Crippen molar-refractivity contribution in [3.8, 4) is 0 Å². The van der Waals surface area contributed by atoms with Crippen LogP contribution in [0.1, 0.15) is 25.5 Å². The van der Waals surface area contributed by atoms with Crippen LogP contribution < -0.4 is 10.0 Å². The Balaban J connectivity index is 2.07. The zero-order chi connectivity index (χ0) is 22.7. The molecular formula is C19H24FN3O5S2. The minimum atomic E-state index is -4.22. The molecule has 0 aliphatic rings. The normalized spacial score (nSPS) is 14.3. The van der Waals surface area contributed by atoms with E-state index in [0.29, 0.717) is 5.56 Å². The number of carbonyl (C=O) groups is 1. The molecule has 11 heteroatoms. The quantitative estimate of drug-likeness (QED) is 0.626. The number of sulfonamides is 2. The number of benzene rings is 2. The summed E-state index contributed by atoms with van der Waals surface area (Å²) in [6, 6.07) is 9.17. The molecule has 0 heterocycles. The summed E-state index contributed by atoms with van der Waals surface area (Å²) in [7, 11) is -4.94. The van der Waals surface area contributed by atoms with Crippen LogP contribution in [0.15, 0.2) is 58.3 Å². The van der Waals surface area contributed by atoms with Crippen molar-refractivity contribution in [1.82, 2.24) is 14.3 Å². The average Bonchev–Trinajstić information content (AvgIpc) is 2.67. The molecule has 2 aromatic carbocycles. The van der Waals surface area contributed by atoms with Crippen LogP contribution in [0.5, 0.6) is 0 Å². The van der Waals surface area contributed by atoms with Gasteiger partial charge in [-0.2, -0.15) is 4.72 Å². The molecule has 0 saturated heterocycles. The summed E-state index contributed by atoms with van der Waals surface area (Å²) in [6.07, 6.45) is 0. The fourth-order valence-corrected chi connectivity index (χ4v) is 4.76. The van der Waals surface area contributed by atoms with E-state index < -0.39 is 48.8 Å². The van der Waals surface area contributed by atoms with Crippen molar-refractivity contribution in [2.75, 3.05) is 14.1 Å². The molecule has 2 atom stereocenters. The van der Waals surface area contributed by atoms with Crippen LogP contribution in [0.3, 0.4) is 0 Å². The molecule has 0 fully saturated rings. The highest BCUT2D eigenvalue weighted by Crippen LogP contribution is 2.19. The van der Waals surface area contributed by atoms with Crippen molar-refractivity contribution in [1.29, 1.82) is 0 Å². The highest BCUT2D eigenvalue weighted by molar-refractivity contribution is 7.89. The Bertz CT molecular complexity index is 1120. The van der Waals surface area contributed by atoms with Gasteiger partial charge < -0.3 is 5.32 Å². The number of hydrogen-bond donors (Lipinski definition) is 2. The molecule has 0 saturated carbocycles. The van der Waals surface area contributed by atoms with Crippen LogP contribution >= 0.6 is 0 Å². The predicted octanol–water partition coefficient (Wildman–Crippen LogP) is 1.62. The van der Waals surface area contributed by atoms with Crippen molar-refractivity contribution in [3.05, 3.63) is 59.9 Å². The first-order chi connectivity index (χ1) is 13.9. The molecule has 0 aliphatic heterocycles. The fraction of sp³-hybridized carbons (Fsp3) is 0.316. The lowest BCUT2D eigenvalue weighted by atomic mass is 10.1. The largest absolute Gasteiger partial charge is 0.348 e. The number of nitrogens with zero attached hydrogens (tertiary/aromatic N) is 1. The van der Waals surface area contributed by atoms with E-state index in [1.807, 2.05) is 0 Å². The molecule has 0 radical (unpaired) electrons. The molecule has 30 heavy (non-hydrogen) atoms. The van der Waals surface area contributed by atoms with Crippen LogP contribution in [0.2, 0.25) is 0 Å². The van der Waals surface area contributed by atoms with E-state index in [1.54, 1.807) is 19.1 Å². The second-order valence-electron chi connectivity index (χ2n) is 6.86. The van der Waals surface area contributed by atoms with E-state index in [4.69, 9.17) is 0 Å². The molecule has 2 aromatic rings. The van der Waals surface area contributed by atoms with Crippen molar-refractivity contribution in [3.63, 3.8) is 0 Å². The highest BCUT2D eigenvalue weighted by atomic mass is 32.2. The number of amides is 1. The first-order valence-electron chi connectivity index (χ1n) is 8.96. The van der Waals surface area contributed by atoms with Gasteiger partial charge in [-0.1, -0.05) is 24.3 Å². The van der Waals surface area contributed by atoms with Gasteiger partial charge in [0.1, 0.15) is 10.7 Å². The average molecular weight is 458 g/mol. The lowest BCUT2D eigenvalue weighted by molar-refractivity contribution is -0.123. The Kier molecular flexibility index (Phi) is 7.35. The van der Waals surface area contributed by atoms with Crippen molar-refractivity contribution < 1.29 is 26.0 Å². The summed E-state index contributed by atoms with van der Waals surface area (Å²) in [6.45, 7) is 3.01. The predicted molar refractivity (Wildman–Crippen MR) is 110 cm³/mol. The maximum Gasteiger partial charge on any atom is 0.244 e. The molecule has 8 nitrogen and oxygen atoms in total. The van der Waals surface area contributed by atoms with Crippen LogP contribution in [-0.4, -0.2) is 47.2 Å². The van der Waals surface area contributed by atoms with E-state index in [0.717, 1.165) is 16.4 Å². The molecule has 2 rings (SSSR count). The number of nitrogens with one attached hydrogen (secondary N) is 2. The second kappa shape index (κ2) is 9.21. The minimum Gasteiger partial charge on any atom is -0.348 e. The van der Waals surface area contributed by atoms with Gasteiger partial charge in [-0.15, -0.1) is 0 Å². The maximum atomic E-state index is 13.8. The van der Waals surface area contributed by atoms with Crippen LogP contribution in [0.4, 0.5) is 4.39 Å². The Labute approximate surface area is 176 Å². The Morgan fingerprint density at radius 1 is 0.967 bits per heavy atom. The van der Waals surface area contributed by atoms with Gasteiger partial charge in [-0.3, -0.25) is 4.79 Å². The third-order valence-corrected chi connectivity index (χ3v) is 7.77. The van der Waals surface area contributed by atoms with Crippen LogP contribution in [0.25, 0.3) is 0 Å². The Morgan fingerprint density at radius 2 is 1.53 bits per heavy atom. The number of carbonyl (C=O) groups excluding carboxylic acids is 1. The summed E-state index contributed by atoms with van der Waals surface area (Å²) in [5, 5.41) is 2.65. The third-order valence-electron chi connectivity index (χ3n) is 4.37. The SMILES string of the molecule is CC(NC(=O)[C@H](C)NS(=O)(=O)c1ccccc1F)c1ccc(S(=O)(=O)N(C)C)cc1. The third kappa shape index (κ3) is 5.42. The van der Waals surface area contributed by atoms with E-state index in [1.165, 1.54) is 45.3 Å². The van der Waals surface area contributed by atoms with E-state index in [-0.39, 0.29) is 4.90 Å². The molecule has 164 valence electrons. The zero-order valence-corrected chi connectivity index (χ0v) is 18.6. The molecule has 0 bridgehead atoms. The topological polar surface area (TPSA) is 113 Å². The van der Waals surface area contributed by atoms with Crippen LogP contribution in [0, 0.1) is 5.82 Å². The van der Waals surface area contributed by atoms with E-state index in [2.05, 4.69) is 10.0 Å². The molecular weight excluding hydrogens is 433 g/mol. The summed E-state index contributed by atoms with van der Waals surface area (Å²) in [5.74, 6) is -1.54. The number of hydrogen-bond acceptors (Lipinski definition) is 5. The molecule has 2 N–H and O–H groups in total. The monoisotopic (exact) mass is 457 g/mol. The van der Waals surface area contributed by atoms with Gasteiger partial charge in [0.05, 0.1) is 17.0 Å². The standard InChI is InChI=1S/C19H24FN3O5S2/c1-13(15-9-11-16(12-10-15)30(27,28)23(3)4)21-19(24)14(2)22-29(25,26)18-8-6-5-7-17(18)20/h5-14,22H,1-4H3,(H,21,24)/t13?,14-/m0/s1. The molecule has 0 spiro atoms. The van der Waals surface area contributed by atoms with Crippen molar-refractivity contribution in [2.45, 2.75) is 35.7 Å². The molecule has 1 unspecified atom stereocenters. The molecule has 0 aliphatic carbocycles. The van der Waals surface area contributed by atoms with Gasteiger partial charge in [-0.25, -0.2) is 25.5 Å². The summed E-state index contributed by atoms with van der Waals surface area (Å²) in [4.78, 5) is 12.0. The van der Waals surface area contributed by atoms with Crippen molar-refractivity contribution >= 4 is 26.0 Å². The molecule has 1 amide bonds. The van der Waals surface area contributed by atoms with E-state index in [9.17, 15) is 26.0 Å². The summed E-state index contributed by atoms with van der Waals surface area (Å²) >= 11 is 0. The summed E-state index contributed by atoms with van der Waals surface area (Å²) < 4.78 is 65.9. The Hall–Kier alpha value is -2.34. The summed E-state index contributed by atoms with van der Waals surface area (Å²) in [5.41, 5.74) is 0.630. The van der Waals surface area contributed by atoms with Gasteiger partial charge in [0.25, 0.3) is 0 Å². The molecule has 0 aromatic heterocycles. The lowest BCUT2D eigenvalue weighted by Gasteiger charge is -2.19.